The van der Waals surface area contributed by atoms with Crippen molar-refractivity contribution in [1.29, 1.82) is 0 Å². The second-order valence-electron chi connectivity index (χ2n) is 1.27. The third-order valence-electron chi connectivity index (χ3n) is 0.595. The molecule has 0 aromatic rings. The van der Waals surface area contributed by atoms with Crippen molar-refractivity contribution in [3.05, 3.63) is 11.9 Å². The largest absolute Gasteiger partial charge is 0.403 e. The van der Waals surface area contributed by atoms with Crippen LogP contribution in [0.25, 0.3) is 0 Å². The first kappa shape index (κ1) is 6.30. The summed E-state index contributed by atoms with van der Waals surface area (Å²) < 4.78 is 0. The predicted molar refractivity (Wildman–Crippen MR) is 30.4 cm³/mol. The molecule has 0 aromatic heterocycles. The van der Waals surface area contributed by atoms with Gasteiger partial charge in [-0.25, -0.2) is 0 Å². The van der Waals surface area contributed by atoms with Crippen LogP contribution in [-0.2, 0) is 0 Å². The maximum atomic E-state index is 5.26. The molecule has 0 saturated heterocycles. The molecule has 0 aliphatic rings. The predicted octanol–water partition coefficient (Wildman–Crippen LogP) is -1.04. The van der Waals surface area contributed by atoms with E-state index >= 15 is 0 Å². The van der Waals surface area contributed by atoms with E-state index in [2.05, 4.69) is 5.32 Å². The van der Waals surface area contributed by atoms with Crippen LogP contribution in [0.3, 0.4) is 0 Å². The van der Waals surface area contributed by atoms with Crippen LogP contribution in [0.4, 0.5) is 0 Å². The Balaban J connectivity index is 3.17. The maximum Gasteiger partial charge on any atom is 0.0378 e. The third-order valence-corrected chi connectivity index (χ3v) is 0.595. The lowest BCUT2D eigenvalue weighted by Crippen LogP contribution is -2.16. The maximum absolute atomic E-state index is 5.26. The van der Waals surface area contributed by atoms with Gasteiger partial charge in [0, 0.05) is 18.4 Å². The van der Waals surface area contributed by atoms with Gasteiger partial charge >= 0.3 is 0 Å². The smallest absolute Gasteiger partial charge is 0.0378 e. The van der Waals surface area contributed by atoms with Gasteiger partial charge < -0.3 is 16.8 Å². The van der Waals surface area contributed by atoms with E-state index in [0.29, 0.717) is 12.2 Å². The van der Waals surface area contributed by atoms with Crippen molar-refractivity contribution in [3.63, 3.8) is 0 Å². The molecule has 5 N–H and O–H groups in total. The van der Waals surface area contributed by atoms with E-state index in [4.69, 9.17) is 11.5 Å². The van der Waals surface area contributed by atoms with Crippen LogP contribution in [0.1, 0.15) is 0 Å². The van der Waals surface area contributed by atoms with Gasteiger partial charge in [0.15, 0.2) is 0 Å². The van der Waals surface area contributed by atoms with Gasteiger partial charge in [-0.05, 0) is 7.05 Å². The van der Waals surface area contributed by atoms with Crippen molar-refractivity contribution >= 4 is 0 Å². The molecule has 0 unspecified atom stereocenters. The van der Waals surface area contributed by atoms with E-state index in [1.165, 1.54) is 6.20 Å². The normalized spacial score (nSPS) is 11.9. The molecule has 0 spiro atoms. The molecule has 3 heteroatoms. The van der Waals surface area contributed by atoms with E-state index < -0.39 is 0 Å². The van der Waals surface area contributed by atoms with Crippen molar-refractivity contribution < 1.29 is 0 Å². The van der Waals surface area contributed by atoms with E-state index in [9.17, 15) is 0 Å². The Morgan fingerprint density at radius 1 is 1.86 bits per heavy atom. The van der Waals surface area contributed by atoms with Gasteiger partial charge in [0.1, 0.15) is 0 Å². The fourth-order valence-electron chi connectivity index (χ4n) is 0.263. The summed E-state index contributed by atoms with van der Waals surface area (Å²) in [5, 5.41) is 2.85. The summed E-state index contributed by atoms with van der Waals surface area (Å²) in [4.78, 5) is 0. The lowest BCUT2D eigenvalue weighted by atomic mass is 10.5. The Morgan fingerprint density at radius 2 is 2.43 bits per heavy atom. The molecule has 0 aliphatic carbocycles. The highest BCUT2D eigenvalue weighted by Crippen LogP contribution is 1.69. The Bertz CT molecular complexity index is 67.3. The highest BCUT2D eigenvalue weighted by molar-refractivity contribution is 4.94. The molecule has 0 fully saturated rings. The zero-order chi connectivity index (χ0) is 5.70. The zero-order valence-electron chi connectivity index (χ0n) is 4.44. The standard InChI is InChI=1S/C4H11N3/c1-7-3-4(6)2-5/h2,7H,3,5-6H2,1H3/b4-2-. The molecule has 3 nitrogen and oxygen atoms in total. The van der Waals surface area contributed by atoms with Gasteiger partial charge in [-0.1, -0.05) is 0 Å². The van der Waals surface area contributed by atoms with E-state index in [0.717, 1.165) is 0 Å². The lowest BCUT2D eigenvalue weighted by molar-refractivity contribution is 0.867. The number of likely N-dealkylation sites (N-methyl/N-ethyl adjacent to an activating group) is 1. The average molecular weight is 101 g/mol. The number of hydrogen-bond acceptors (Lipinski definition) is 3. The molecule has 0 atom stereocenters. The van der Waals surface area contributed by atoms with Crippen LogP contribution in [0, 0.1) is 0 Å². The molecule has 0 bridgehead atoms. The zero-order valence-corrected chi connectivity index (χ0v) is 4.44. The van der Waals surface area contributed by atoms with Gasteiger partial charge in [0.25, 0.3) is 0 Å². The fourth-order valence-corrected chi connectivity index (χ4v) is 0.263. The molecule has 42 valence electrons. The van der Waals surface area contributed by atoms with Crippen molar-refractivity contribution in [1.82, 2.24) is 5.32 Å². The third kappa shape index (κ3) is 3.12. The molecular weight excluding hydrogens is 90.1 g/mol. The SMILES string of the molecule is CNC/C(N)=C/N. The number of nitrogens with one attached hydrogen (secondary N) is 1. The van der Waals surface area contributed by atoms with Crippen molar-refractivity contribution in [2.24, 2.45) is 11.5 Å². The summed E-state index contributed by atoms with van der Waals surface area (Å²) in [5.74, 6) is 0. The minimum absolute atomic E-state index is 0.663. The van der Waals surface area contributed by atoms with Gasteiger partial charge in [-0.3, -0.25) is 0 Å². The highest BCUT2D eigenvalue weighted by Gasteiger charge is 1.79. The summed E-state index contributed by atoms with van der Waals surface area (Å²) in [7, 11) is 1.82. The van der Waals surface area contributed by atoms with Crippen molar-refractivity contribution in [2.45, 2.75) is 0 Å². The molecule has 0 rings (SSSR count). The molecule has 0 amide bonds. The molecule has 7 heavy (non-hydrogen) atoms. The number of rotatable bonds is 2. The summed E-state index contributed by atoms with van der Waals surface area (Å²) in [6, 6.07) is 0. The van der Waals surface area contributed by atoms with Crippen LogP contribution in [0.2, 0.25) is 0 Å². The monoisotopic (exact) mass is 101 g/mol. The molecule has 0 saturated carbocycles. The molecular formula is C4H11N3. The fraction of sp³-hybridized carbons (Fsp3) is 0.500. The molecule has 0 radical (unpaired) electrons. The highest BCUT2D eigenvalue weighted by atomic mass is 14.8. The van der Waals surface area contributed by atoms with Crippen LogP contribution in [0.5, 0.6) is 0 Å². The van der Waals surface area contributed by atoms with Crippen LogP contribution in [0.15, 0.2) is 11.9 Å². The summed E-state index contributed by atoms with van der Waals surface area (Å²) in [6.07, 6.45) is 1.39. The van der Waals surface area contributed by atoms with Gasteiger partial charge in [0.2, 0.25) is 0 Å². The first-order valence-electron chi connectivity index (χ1n) is 2.12. The van der Waals surface area contributed by atoms with Crippen LogP contribution < -0.4 is 16.8 Å². The minimum Gasteiger partial charge on any atom is -0.403 e. The quantitative estimate of drug-likeness (QED) is 0.416. The van der Waals surface area contributed by atoms with Gasteiger partial charge in [-0.15, -0.1) is 0 Å². The van der Waals surface area contributed by atoms with Crippen molar-refractivity contribution in [2.75, 3.05) is 13.6 Å². The van der Waals surface area contributed by atoms with E-state index in [1.54, 1.807) is 0 Å². The van der Waals surface area contributed by atoms with E-state index in [-0.39, 0.29) is 0 Å². The minimum atomic E-state index is 0.663. The Hall–Kier alpha value is -0.700. The molecule has 0 heterocycles. The molecule has 0 aromatic carbocycles. The Morgan fingerprint density at radius 3 is 2.57 bits per heavy atom. The second kappa shape index (κ2) is 3.49. The molecule has 0 aliphatic heterocycles. The summed E-state index contributed by atoms with van der Waals surface area (Å²) in [5.41, 5.74) is 11.0. The van der Waals surface area contributed by atoms with Gasteiger partial charge in [0.05, 0.1) is 0 Å². The van der Waals surface area contributed by atoms with Crippen LogP contribution >= 0.6 is 0 Å². The van der Waals surface area contributed by atoms with Crippen LogP contribution in [-0.4, -0.2) is 13.6 Å². The summed E-state index contributed by atoms with van der Waals surface area (Å²) in [6.45, 7) is 0.663. The lowest BCUT2D eigenvalue weighted by Gasteiger charge is -1.94. The summed E-state index contributed by atoms with van der Waals surface area (Å²) >= 11 is 0. The Labute approximate surface area is 43.4 Å². The van der Waals surface area contributed by atoms with Gasteiger partial charge in [-0.2, -0.15) is 0 Å². The number of nitrogens with two attached hydrogens (primary N) is 2. The van der Waals surface area contributed by atoms with E-state index in [1.807, 2.05) is 7.05 Å². The first-order valence-corrected chi connectivity index (χ1v) is 2.12. The second-order valence-corrected chi connectivity index (χ2v) is 1.27. The first-order chi connectivity index (χ1) is 3.31. The topological polar surface area (TPSA) is 64.1 Å². The Kier molecular flexibility index (Phi) is 3.14. The van der Waals surface area contributed by atoms with Crippen molar-refractivity contribution in [3.8, 4) is 0 Å². The average Bonchev–Trinajstić information content (AvgIpc) is 1.68. The number of hydrogen-bond donors (Lipinski definition) is 3.